The maximum absolute atomic E-state index is 13.4. The Labute approximate surface area is 221 Å². The van der Waals surface area contributed by atoms with Gasteiger partial charge >= 0.3 is 0 Å². The second-order valence-electron chi connectivity index (χ2n) is 8.10. The highest BCUT2D eigenvalue weighted by Crippen LogP contribution is 2.37. The number of carbonyl (C=O) groups is 1. The van der Waals surface area contributed by atoms with Crippen molar-refractivity contribution < 1.29 is 9.53 Å². The summed E-state index contributed by atoms with van der Waals surface area (Å²) in [7, 11) is 1.61. The quantitative estimate of drug-likeness (QED) is 0.170. The van der Waals surface area contributed by atoms with E-state index in [9.17, 15) is 4.79 Å². The van der Waals surface area contributed by atoms with E-state index in [0.29, 0.717) is 10.8 Å². The van der Waals surface area contributed by atoms with E-state index in [1.165, 1.54) is 17.3 Å². The van der Waals surface area contributed by atoms with Crippen LogP contribution in [0.1, 0.15) is 16.4 Å². The monoisotopic (exact) mass is 513 g/mol. The molecule has 0 spiro atoms. The first-order valence-electron chi connectivity index (χ1n) is 11.4. The zero-order valence-corrected chi connectivity index (χ0v) is 21.7. The summed E-state index contributed by atoms with van der Waals surface area (Å²) in [6.07, 6.45) is 0. The van der Waals surface area contributed by atoms with Crippen molar-refractivity contribution in [2.24, 2.45) is 0 Å². The molecule has 1 unspecified atom stereocenters. The van der Waals surface area contributed by atoms with Crippen LogP contribution in [0.5, 0.6) is 5.75 Å². The largest absolute Gasteiger partial charge is 0.497 e. The summed E-state index contributed by atoms with van der Waals surface area (Å²) in [6.45, 7) is 2.05. The number of ether oxygens (including phenoxy) is 1. The number of methoxy groups -OCH3 is 1. The number of thiocarbonyl (C=S) groups is 1. The number of anilines is 3. The first kappa shape index (κ1) is 25.3. The molecule has 1 amide bonds. The molecule has 0 aliphatic rings. The number of amides is 1. The Kier molecular flexibility index (Phi) is 8.60. The lowest BCUT2D eigenvalue weighted by atomic mass is 10.1. The average molecular weight is 514 g/mol. The van der Waals surface area contributed by atoms with Crippen LogP contribution in [0.15, 0.2) is 108 Å². The smallest absolute Gasteiger partial charge is 0.242 e. The van der Waals surface area contributed by atoms with Gasteiger partial charge in [-0.1, -0.05) is 54.1 Å². The van der Waals surface area contributed by atoms with Crippen molar-refractivity contribution in [1.29, 1.82) is 0 Å². The fourth-order valence-electron chi connectivity index (χ4n) is 3.50. The van der Waals surface area contributed by atoms with Crippen LogP contribution in [-0.2, 0) is 4.79 Å². The molecule has 0 saturated heterocycles. The summed E-state index contributed by atoms with van der Waals surface area (Å²) in [5, 5.41) is 9.51. The van der Waals surface area contributed by atoms with Crippen molar-refractivity contribution >= 4 is 52.1 Å². The highest BCUT2D eigenvalue weighted by molar-refractivity contribution is 8.00. The average Bonchev–Trinajstić information content (AvgIpc) is 2.89. The third-order valence-electron chi connectivity index (χ3n) is 5.35. The van der Waals surface area contributed by atoms with E-state index in [0.717, 1.165) is 27.6 Å². The molecule has 3 N–H and O–H groups in total. The van der Waals surface area contributed by atoms with Gasteiger partial charge in [0.1, 0.15) is 11.0 Å². The Morgan fingerprint density at radius 2 is 1.42 bits per heavy atom. The number of benzene rings is 4. The highest BCUT2D eigenvalue weighted by Gasteiger charge is 2.22. The Bertz CT molecular complexity index is 1310. The zero-order chi connectivity index (χ0) is 25.3. The van der Waals surface area contributed by atoms with Gasteiger partial charge in [-0.3, -0.25) is 4.79 Å². The van der Waals surface area contributed by atoms with Gasteiger partial charge in [-0.05, 0) is 79.3 Å². The maximum Gasteiger partial charge on any atom is 0.242 e. The van der Waals surface area contributed by atoms with Crippen LogP contribution in [-0.4, -0.2) is 18.1 Å². The van der Waals surface area contributed by atoms with E-state index >= 15 is 0 Å². The molecule has 0 saturated carbocycles. The SMILES string of the molecule is COc1ccc(NC(=O)C(Sc2cccc(NC(=S)Nc3ccc(C)cc3)c2)c2ccccc2)cc1. The van der Waals surface area contributed by atoms with Gasteiger partial charge < -0.3 is 20.7 Å². The first-order valence-corrected chi connectivity index (χ1v) is 12.7. The molecular weight excluding hydrogens is 486 g/mol. The van der Waals surface area contributed by atoms with Crippen LogP contribution in [0, 0.1) is 6.92 Å². The van der Waals surface area contributed by atoms with Crippen molar-refractivity contribution in [3.05, 3.63) is 114 Å². The summed E-state index contributed by atoms with van der Waals surface area (Å²) in [5.41, 5.74) is 4.58. The zero-order valence-electron chi connectivity index (χ0n) is 20.0. The Balaban J connectivity index is 1.47. The molecule has 0 radical (unpaired) electrons. The fraction of sp³-hybridized carbons (Fsp3) is 0.103. The van der Waals surface area contributed by atoms with E-state index in [2.05, 4.69) is 16.0 Å². The molecule has 4 aromatic rings. The Hall–Kier alpha value is -3.81. The molecular formula is C29H27N3O2S2. The van der Waals surface area contributed by atoms with E-state index in [1.807, 2.05) is 110 Å². The lowest BCUT2D eigenvalue weighted by Crippen LogP contribution is -2.19. The Morgan fingerprint density at radius 1 is 0.778 bits per heavy atom. The van der Waals surface area contributed by atoms with Crippen LogP contribution < -0.4 is 20.7 Å². The van der Waals surface area contributed by atoms with Crippen LogP contribution in [0.2, 0.25) is 0 Å². The van der Waals surface area contributed by atoms with Crippen LogP contribution in [0.3, 0.4) is 0 Å². The second-order valence-corrected chi connectivity index (χ2v) is 9.69. The predicted molar refractivity (Wildman–Crippen MR) is 154 cm³/mol. The molecule has 0 aliphatic heterocycles. The van der Waals surface area contributed by atoms with Gasteiger partial charge in [-0.2, -0.15) is 0 Å². The number of hydrogen-bond donors (Lipinski definition) is 3. The van der Waals surface area contributed by atoms with Gasteiger partial charge in [0.2, 0.25) is 5.91 Å². The molecule has 36 heavy (non-hydrogen) atoms. The van der Waals surface area contributed by atoms with Gasteiger partial charge in [0.15, 0.2) is 5.11 Å². The molecule has 182 valence electrons. The number of hydrogen-bond acceptors (Lipinski definition) is 4. The lowest BCUT2D eigenvalue weighted by molar-refractivity contribution is -0.115. The molecule has 4 rings (SSSR count). The molecule has 0 bridgehead atoms. The van der Waals surface area contributed by atoms with E-state index in [-0.39, 0.29) is 5.91 Å². The number of rotatable bonds is 8. The third kappa shape index (κ3) is 7.10. The highest BCUT2D eigenvalue weighted by atomic mass is 32.2. The van der Waals surface area contributed by atoms with Crippen molar-refractivity contribution in [2.75, 3.05) is 23.1 Å². The maximum atomic E-state index is 13.4. The number of carbonyl (C=O) groups excluding carboxylic acids is 1. The summed E-state index contributed by atoms with van der Waals surface area (Å²) >= 11 is 6.97. The van der Waals surface area contributed by atoms with Gasteiger partial charge in [0.25, 0.3) is 0 Å². The predicted octanol–water partition coefficient (Wildman–Crippen LogP) is 7.28. The van der Waals surface area contributed by atoms with Gasteiger partial charge in [-0.15, -0.1) is 11.8 Å². The second kappa shape index (κ2) is 12.2. The van der Waals surface area contributed by atoms with E-state index in [4.69, 9.17) is 17.0 Å². The van der Waals surface area contributed by atoms with E-state index in [1.54, 1.807) is 7.11 Å². The number of nitrogens with one attached hydrogen (secondary N) is 3. The number of thioether (sulfide) groups is 1. The summed E-state index contributed by atoms with van der Waals surface area (Å²) in [6, 6.07) is 33.0. The van der Waals surface area contributed by atoms with Crippen molar-refractivity contribution in [2.45, 2.75) is 17.1 Å². The van der Waals surface area contributed by atoms with Gasteiger partial charge in [0.05, 0.1) is 7.11 Å². The van der Waals surface area contributed by atoms with Crippen molar-refractivity contribution in [1.82, 2.24) is 0 Å². The molecule has 0 heterocycles. The summed E-state index contributed by atoms with van der Waals surface area (Å²) in [5.74, 6) is 0.632. The van der Waals surface area contributed by atoms with Crippen molar-refractivity contribution in [3.8, 4) is 5.75 Å². The standard InChI is InChI=1S/C29H27N3O2S2/c1-20-11-13-23(14-12-20)31-29(35)32-24-9-6-10-26(19-24)36-27(21-7-4-3-5-8-21)28(33)30-22-15-17-25(34-2)18-16-22/h3-19,27H,1-2H3,(H,30,33)(H2,31,32,35). The van der Waals surface area contributed by atoms with E-state index < -0.39 is 5.25 Å². The molecule has 0 aromatic heterocycles. The third-order valence-corrected chi connectivity index (χ3v) is 6.81. The molecule has 4 aromatic carbocycles. The minimum Gasteiger partial charge on any atom is -0.497 e. The lowest BCUT2D eigenvalue weighted by Gasteiger charge is -2.18. The molecule has 5 nitrogen and oxygen atoms in total. The fourth-order valence-corrected chi connectivity index (χ4v) is 4.82. The molecule has 1 atom stereocenters. The van der Waals surface area contributed by atoms with Crippen LogP contribution in [0.25, 0.3) is 0 Å². The summed E-state index contributed by atoms with van der Waals surface area (Å²) < 4.78 is 5.21. The normalized spacial score (nSPS) is 11.3. The topological polar surface area (TPSA) is 62.4 Å². The molecule has 0 fully saturated rings. The van der Waals surface area contributed by atoms with Crippen LogP contribution >= 0.6 is 24.0 Å². The van der Waals surface area contributed by atoms with Gasteiger partial charge in [0, 0.05) is 22.0 Å². The van der Waals surface area contributed by atoms with Crippen LogP contribution in [0.4, 0.5) is 17.1 Å². The summed E-state index contributed by atoms with van der Waals surface area (Å²) in [4.78, 5) is 14.3. The molecule has 0 aliphatic carbocycles. The van der Waals surface area contributed by atoms with Crippen molar-refractivity contribution in [3.63, 3.8) is 0 Å². The minimum absolute atomic E-state index is 0.105. The number of aryl methyl sites for hydroxylation is 1. The molecule has 7 heteroatoms. The first-order chi connectivity index (χ1) is 17.5. The van der Waals surface area contributed by atoms with Gasteiger partial charge in [-0.25, -0.2) is 0 Å². The minimum atomic E-state index is -0.443. The Morgan fingerprint density at radius 3 is 2.11 bits per heavy atom.